The number of rotatable bonds is 5. The molecule has 0 spiro atoms. The van der Waals surface area contributed by atoms with Crippen LogP contribution in [-0.4, -0.2) is 6.54 Å². The van der Waals surface area contributed by atoms with E-state index in [4.69, 9.17) is 0 Å². The van der Waals surface area contributed by atoms with E-state index in [1.54, 1.807) is 0 Å². The van der Waals surface area contributed by atoms with E-state index in [1.807, 2.05) is 22.7 Å². The summed E-state index contributed by atoms with van der Waals surface area (Å²) in [5, 5.41) is 3.66. The molecule has 0 aliphatic carbocycles. The molecule has 98 valence electrons. The van der Waals surface area contributed by atoms with Gasteiger partial charge in [-0.1, -0.05) is 6.92 Å². The van der Waals surface area contributed by atoms with Gasteiger partial charge in [-0.2, -0.15) is 0 Å². The fourth-order valence-corrected chi connectivity index (χ4v) is 4.58. The minimum Gasteiger partial charge on any atom is -0.305 e. The SMILES string of the molecule is CCCNC(c1ccc(C)s1)c1cc(C)c(Br)s1. The van der Waals surface area contributed by atoms with Crippen LogP contribution in [0.2, 0.25) is 0 Å². The van der Waals surface area contributed by atoms with Crippen LogP contribution in [0.3, 0.4) is 0 Å². The summed E-state index contributed by atoms with van der Waals surface area (Å²) in [6.45, 7) is 7.58. The zero-order chi connectivity index (χ0) is 13.1. The normalized spacial score (nSPS) is 12.9. The molecule has 2 aromatic rings. The van der Waals surface area contributed by atoms with Gasteiger partial charge in [0, 0.05) is 14.6 Å². The van der Waals surface area contributed by atoms with Crippen molar-refractivity contribution in [2.45, 2.75) is 33.2 Å². The van der Waals surface area contributed by atoms with Crippen molar-refractivity contribution in [3.05, 3.63) is 42.2 Å². The minimum atomic E-state index is 0.346. The molecule has 2 heterocycles. The van der Waals surface area contributed by atoms with E-state index in [0.717, 1.165) is 13.0 Å². The highest BCUT2D eigenvalue weighted by atomic mass is 79.9. The maximum absolute atomic E-state index is 3.66. The third-order valence-electron chi connectivity index (χ3n) is 2.80. The lowest BCUT2D eigenvalue weighted by Gasteiger charge is -2.15. The third-order valence-corrected chi connectivity index (χ3v) is 6.07. The lowest BCUT2D eigenvalue weighted by atomic mass is 10.2. The van der Waals surface area contributed by atoms with E-state index in [9.17, 15) is 0 Å². The fraction of sp³-hybridized carbons (Fsp3) is 0.429. The third kappa shape index (κ3) is 3.23. The Morgan fingerprint density at radius 3 is 2.50 bits per heavy atom. The number of nitrogens with one attached hydrogen (secondary N) is 1. The van der Waals surface area contributed by atoms with Crippen molar-refractivity contribution >= 4 is 38.6 Å². The average Bonchev–Trinajstić information content (AvgIpc) is 2.88. The van der Waals surface area contributed by atoms with E-state index in [1.165, 1.54) is 24.0 Å². The molecule has 0 bridgehead atoms. The number of halogens is 1. The highest BCUT2D eigenvalue weighted by Gasteiger charge is 2.18. The van der Waals surface area contributed by atoms with Gasteiger partial charge in [0.25, 0.3) is 0 Å². The highest BCUT2D eigenvalue weighted by molar-refractivity contribution is 9.11. The first-order chi connectivity index (χ1) is 8.61. The van der Waals surface area contributed by atoms with Crippen molar-refractivity contribution in [2.75, 3.05) is 6.54 Å². The first-order valence-corrected chi connectivity index (χ1v) is 8.60. The quantitative estimate of drug-likeness (QED) is 0.778. The van der Waals surface area contributed by atoms with Gasteiger partial charge in [-0.05, 0) is 66.5 Å². The van der Waals surface area contributed by atoms with Crippen molar-refractivity contribution in [3.8, 4) is 0 Å². The van der Waals surface area contributed by atoms with Crippen molar-refractivity contribution in [1.82, 2.24) is 5.32 Å². The molecule has 18 heavy (non-hydrogen) atoms. The van der Waals surface area contributed by atoms with Crippen LogP contribution in [0.4, 0.5) is 0 Å². The monoisotopic (exact) mass is 343 g/mol. The Labute approximate surface area is 125 Å². The summed E-state index contributed by atoms with van der Waals surface area (Å²) in [7, 11) is 0. The molecule has 4 heteroatoms. The van der Waals surface area contributed by atoms with Crippen LogP contribution in [-0.2, 0) is 0 Å². The summed E-state index contributed by atoms with van der Waals surface area (Å²) in [6, 6.07) is 7.09. The van der Waals surface area contributed by atoms with Crippen molar-refractivity contribution < 1.29 is 0 Å². The largest absolute Gasteiger partial charge is 0.305 e. The molecular formula is C14H18BrNS2. The molecule has 0 aliphatic heterocycles. The molecule has 1 N–H and O–H groups in total. The summed E-state index contributed by atoms with van der Waals surface area (Å²) in [5.41, 5.74) is 1.33. The molecule has 0 radical (unpaired) electrons. The lowest BCUT2D eigenvalue weighted by Crippen LogP contribution is -2.21. The molecule has 0 fully saturated rings. The van der Waals surface area contributed by atoms with Crippen LogP contribution >= 0.6 is 38.6 Å². The molecule has 0 saturated carbocycles. The second-order valence-electron chi connectivity index (χ2n) is 4.44. The molecule has 2 aromatic heterocycles. The van der Waals surface area contributed by atoms with Crippen LogP contribution in [0.15, 0.2) is 22.0 Å². The van der Waals surface area contributed by atoms with Gasteiger partial charge < -0.3 is 5.32 Å². The standard InChI is InChI=1S/C14H18BrNS2/c1-4-7-16-13(11-6-5-10(3)17-11)12-8-9(2)14(15)18-12/h5-6,8,13,16H,4,7H2,1-3H3. The Morgan fingerprint density at radius 1 is 1.22 bits per heavy atom. The zero-order valence-corrected chi connectivity index (χ0v) is 14.1. The molecule has 0 saturated heterocycles. The summed E-state index contributed by atoms with van der Waals surface area (Å²) in [5.74, 6) is 0. The number of hydrogen-bond acceptors (Lipinski definition) is 3. The van der Waals surface area contributed by atoms with Crippen molar-refractivity contribution in [3.63, 3.8) is 0 Å². The molecule has 1 atom stereocenters. The second-order valence-corrected chi connectivity index (χ2v) is 8.16. The van der Waals surface area contributed by atoms with E-state index in [-0.39, 0.29) is 0 Å². The topological polar surface area (TPSA) is 12.0 Å². The predicted octanol–water partition coefficient (Wildman–Crippen LogP) is 5.28. The van der Waals surface area contributed by atoms with Gasteiger partial charge in [-0.3, -0.25) is 0 Å². The Morgan fingerprint density at radius 2 is 2.00 bits per heavy atom. The van der Waals surface area contributed by atoms with Crippen molar-refractivity contribution in [2.24, 2.45) is 0 Å². The molecule has 0 amide bonds. The van der Waals surface area contributed by atoms with E-state index < -0.39 is 0 Å². The van der Waals surface area contributed by atoms with Gasteiger partial charge >= 0.3 is 0 Å². The van der Waals surface area contributed by atoms with Crippen LogP contribution in [0.5, 0.6) is 0 Å². The van der Waals surface area contributed by atoms with Gasteiger partial charge in [0.15, 0.2) is 0 Å². The maximum Gasteiger partial charge on any atom is 0.0765 e. The molecule has 1 nitrogen and oxygen atoms in total. The van der Waals surface area contributed by atoms with Gasteiger partial charge in [0.05, 0.1) is 9.83 Å². The average molecular weight is 344 g/mol. The van der Waals surface area contributed by atoms with Gasteiger partial charge in [-0.15, -0.1) is 22.7 Å². The lowest BCUT2D eigenvalue weighted by molar-refractivity contribution is 0.613. The zero-order valence-electron chi connectivity index (χ0n) is 10.9. The first-order valence-electron chi connectivity index (χ1n) is 6.17. The van der Waals surface area contributed by atoms with Gasteiger partial charge in [-0.25, -0.2) is 0 Å². The Bertz CT molecular complexity index is 496. The number of hydrogen-bond donors (Lipinski definition) is 1. The molecule has 2 rings (SSSR count). The Balaban J connectivity index is 2.30. The van der Waals surface area contributed by atoms with E-state index in [0.29, 0.717) is 6.04 Å². The van der Waals surface area contributed by atoms with E-state index >= 15 is 0 Å². The van der Waals surface area contributed by atoms with Gasteiger partial charge in [0.2, 0.25) is 0 Å². The first kappa shape index (κ1) is 14.3. The van der Waals surface area contributed by atoms with Crippen LogP contribution in [0.25, 0.3) is 0 Å². The molecule has 1 unspecified atom stereocenters. The molecular weight excluding hydrogens is 326 g/mol. The Kier molecular flexibility index (Phi) is 5.01. The van der Waals surface area contributed by atoms with E-state index in [2.05, 4.69) is 60.2 Å². The highest BCUT2D eigenvalue weighted by Crippen LogP contribution is 2.36. The number of aryl methyl sites for hydroxylation is 2. The smallest absolute Gasteiger partial charge is 0.0765 e. The van der Waals surface area contributed by atoms with Crippen molar-refractivity contribution in [1.29, 1.82) is 0 Å². The summed E-state index contributed by atoms with van der Waals surface area (Å²) >= 11 is 7.35. The predicted molar refractivity (Wildman–Crippen MR) is 85.9 cm³/mol. The molecule has 0 aromatic carbocycles. The number of thiophene rings is 2. The van der Waals surface area contributed by atoms with Crippen LogP contribution < -0.4 is 5.32 Å². The second kappa shape index (κ2) is 6.33. The molecule has 0 aliphatic rings. The maximum atomic E-state index is 3.66. The fourth-order valence-electron chi connectivity index (χ4n) is 1.86. The summed E-state index contributed by atoms with van der Waals surface area (Å²) in [4.78, 5) is 4.19. The summed E-state index contributed by atoms with van der Waals surface area (Å²) < 4.78 is 1.24. The van der Waals surface area contributed by atoms with Crippen LogP contribution in [0, 0.1) is 13.8 Å². The summed E-state index contributed by atoms with van der Waals surface area (Å²) in [6.07, 6.45) is 1.16. The minimum absolute atomic E-state index is 0.346. The van der Waals surface area contributed by atoms with Gasteiger partial charge in [0.1, 0.15) is 0 Å². The van der Waals surface area contributed by atoms with Crippen LogP contribution in [0.1, 0.15) is 39.6 Å². The Hall–Kier alpha value is -0.160.